The minimum atomic E-state index is -0.278. The predicted molar refractivity (Wildman–Crippen MR) is 78.3 cm³/mol. The van der Waals surface area contributed by atoms with Crippen LogP contribution in [-0.4, -0.2) is 37.4 Å². The van der Waals surface area contributed by atoms with Crippen molar-refractivity contribution in [3.8, 4) is 0 Å². The van der Waals surface area contributed by atoms with Gasteiger partial charge in [0.25, 0.3) is 5.91 Å². The van der Waals surface area contributed by atoms with Crippen molar-refractivity contribution in [3.63, 3.8) is 0 Å². The Kier molecular flexibility index (Phi) is 7.72. The Bertz CT molecular complexity index is 452. The zero-order valence-corrected chi connectivity index (χ0v) is 11.9. The van der Waals surface area contributed by atoms with Crippen LogP contribution in [0, 0.1) is 0 Å². The van der Waals surface area contributed by atoms with Gasteiger partial charge in [0.1, 0.15) is 0 Å². The normalized spacial score (nSPS) is 10.1. The molecule has 0 spiro atoms. The van der Waals surface area contributed by atoms with Crippen LogP contribution in [0.5, 0.6) is 0 Å². The Hall–Kier alpha value is -1.56. The maximum Gasteiger partial charge on any atom is 0.266 e. The summed E-state index contributed by atoms with van der Waals surface area (Å²) in [4.78, 5) is 11.7. The second kappa shape index (κ2) is 9.36. The fourth-order valence-corrected chi connectivity index (χ4v) is 1.66. The summed E-state index contributed by atoms with van der Waals surface area (Å²) in [5, 5.41) is 14.8. The van der Waals surface area contributed by atoms with E-state index in [1.54, 1.807) is 6.07 Å². The number of aliphatic hydroxyl groups excluding tert-OH is 1. The molecule has 6 heteroatoms. The van der Waals surface area contributed by atoms with Crippen LogP contribution in [0.25, 0.3) is 0 Å². The third-order valence-corrected chi connectivity index (χ3v) is 2.67. The van der Waals surface area contributed by atoms with Crippen molar-refractivity contribution in [2.24, 2.45) is 0 Å². The van der Waals surface area contributed by atoms with Gasteiger partial charge in [-0.1, -0.05) is 30.3 Å². The van der Waals surface area contributed by atoms with Gasteiger partial charge in [-0.2, -0.15) is 0 Å². The van der Waals surface area contributed by atoms with Crippen LogP contribution in [-0.2, 0) is 16.1 Å². The van der Waals surface area contributed by atoms with Gasteiger partial charge in [-0.05, 0) is 17.7 Å². The monoisotopic (exact) mass is 298 g/mol. The number of nitrogens with one attached hydrogen (secondary N) is 2. The van der Waals surface area contributed by atoms with Crippen molar-refractivity contribution >= 4 is 17.5 Å². The lowest BCUT2D eigenvalue weighted by Crippen LogP contribution is -2.33. The second-order valence-corrected chi connectivity index (χ2v) is 4.49. The molecule has 0 saturated heterocycles. The largest absolute Gasteiger partial charge is 0.394 e. The van der Waals surface area contributed by atoms with E-state index in [4.69, 9.17) is 21.4 Å². The van der Waals surface area contributed by atoms with Gasteiger partial charge in [-0.3, -0.25) is 4.79 Å². The molecule has 0 aliphatic carbocycles. The van der Waals surface area contributed by atoms with E-state index in [0.717, 1.165) is 5.56 Å². The number of rotatable bonds is 9. The molecule has 0 radical (unpaired) electrons. The summed E-state index contributed by atoms with van der Waals surface area (Å²) in [6, 6.07) is 7.37. The Morgan fingerprint density at radius 1 is 1.35 bits per heavy atom. The van der Waals surface area contributed by atoms with E-state index in [2.05, 4.69) is 17.2 Å². The van der Waals surface area contributed by atoms with Gasteiger partial charge in [0.15, 0.2) is 0 Å². The molecule has 0 atom stereocenters. The molecule has 0 aromatic heterocycles. The van der Waals surface area contributed by atoms with Crippen LogP contribution in [0.15, 0.2) is 36.5 Å². The summed E-state index contributed by atoms with van der Waals surface area (Å²) >= 11 is 5.87. The standard InChI is InChI=1S/C14H19ClN2O3/c1-11(14(19)16-5-7-20-8-6-18)17-10-12-3-2-4-13(15)9-12/h2-4,9,17-18H,1,5-8,10H2,(H,16,19). The SMILES string of the molecule is C=C(NCc1cccc(Cl)c1)C(=O)NCCOCCO. The first-order valence-corrected chi connectivity index (χ1v) is 6.65. The van der Waals surface area contributed by atoms with E-state index in [9.17, 15) is 4.79 Å². The average molecular weight is 299 g/mol. The van der Waals surface area contributed by atoms with E-state index in [1.807, 2.05) is 18.2 Å². The van der Waals surface area contributed by atoms with Crippen LogP contribution in [0.2, 0.25) is 5.02 Å². The molecule has 0 saturated carbocycles. The summed E-state index contributed by atoms with van der Waals surface area (Å²) in [7, 11) is 0. The van der Waals surface area contributed by atoms with Gasteiger partial charge < -0.3 is 20.5 Å². The maximum atomic E-state index is 11.7. The maximum absolute atomic E-state index is 11.7. The summed E-state index contributed by atoms with van der Waals surface area (Å²) in [6.45, 7) is 5.12. The number of hydrogen-bond donors (Lipinski definition) is 3. The highest BCUT2D eigenvalue weighted by Gasteiger charge is 2.05. The lowest BCUT2D eigenvalue weighted by atomic mass is 10.2. The molecule has 0 fully saturated rings. The molecule has 1 rings (SSSR count). The van der Waals surface area contributed by atoms with Crippen LogP contribution >= 0.6 is 11.6 Å². The second-order valence-electron chi connectivity index (χ2n) is 4.05. The van der Waals surface area contributed by atoms with Gasteiger partial charge in [-0.25, -0.2) is 0 Å². The van der Waals surface area contributed by atoms with E-state index >= 15 is 0 Å². The highest BCUT2D eigenvalue weighted by molar-refractivity contribution is 6.30. The van der Waals surface area contributed by atoms with E-state index in [-0.39, 0.29) is 24.8 Å². The number of aliphatic hydroxyl groups is 1. The molecule has 1 amide bonds. The van der Waals surface area contributed by atoms with Crippen molar-refractivity contribution < 1.29 is 14.6 Å². The van der Waals surface area contributed by atoms with E-state index < -0.39 is 0 Å². The first-order valence-electron chi connectivity index (χ1n) is 6.27. The van der Waals surface area contributed by atoms with Gasteiger partial charge in [-0.15, -0.1) is 0 Å². The molecule has 0 bridgehead atoms. The number of benzene rings is 1. The van der Waals surface area contributed by atoms with E-state index in [0.29, 0.717) is 24.7 Å². The van der Waals surface area contributed by atoms with Crippen molar-refractivity contribution in [2.45, 2.75) is 6.54 Å². The highest BCUT2D eigenvalue weighted by Crippen LogP contribution is 2.10. The Balaban J connectivity index is 2.23. The van der Waals surface area contributed by atoms with Gasteiger partial charge in [0, 0.05) is 18.1 Å². The number of ether oxygens (including phenoxy) is 1. The Labute approximate surface area is 123 Å². The smallest absolute Gasteiger partial charge is 0.266 e. The minimum absolute atomic E-state index is 0.0259. The van der Waals surface area contributed by atoms with Crippen molar-refractivity contribution in [2.75, 3.05) is 26.4 Å². The third kappa shape index (κ3) is 6.56. The van der Waals surface area contributed by atoms with Crippen molar-refractivity contribution in [3.05, 3.63) is 47.1 Å². The fourth-order valence-electron chi connectivity index (χ4n) is 1.45. The molecule has 0 aliphatic heterocycles. The molecule has 3 N–H and O–H groups in total. The summed E-state index contributed by atoms with van der Waals surface area (Å²) < 4.78 is 5.03. The molecule has 1 aromatic rings. The lowest BCUT2D eigenvalue weighted by molar-refractivity contribution is -0.118. The molecule has 1 aromatic carbocycles. The zero-order valence-electron chi connectivity index (χ0n) is 11.2. The van der Waals surface area contributed by atoms with Crippen molar-refractivity contribution in [1.29, 1.82) is 0 Å². The Morgan fingerprint density at radius 3 is 2.85 bits per heavy atom. The molecule has 0 unspecified atom stereocenters. The van der Waals surface area contributed by atoms with Crippen LogP contribution < -0.4 is 10.6 Å². The molecule has 110 valence electrons. The van der Waals surface area contributed by atoms with E-state index in [1.165, 1.54) is 0 Å². The number of carbonyl (C=O) groups is 1. The third-order valence-electron chi connectivity index (χ3n) is 2.44. The molecular weight excluding hydrogens is 280 g/mol. The molecule has 0 heterocycles. The van der Waals surface area contributed by atoms with Crippen LogP contribution in [0.1, 0.15) is 5.56 Å². The number of hydrogen-bond acceptors (Lipinski definition) is 4. The predicted octanol–water partition coefficient (Wildman–Crippen LogP) is 1.07. The molecule has 0 aliphatic rings. The quantitative estimate of drug-likeness (QED) is 0.471. The number of halogens is 1. The van der Waals surface area contributed by atoms with Gasteiger partial charge in [0.2, 0.25) is 0 Å². The lowest BCUT2D eigenvalue weighted by Gasteiger charge is -2.10. The van der Waals surface area contributed by atoms with Gasteiger partial charge in [0.05, 0.1) is 25.5 Å². The topological polar surface area (TPSA) is 70.6 Å². The summed E-state index contributed by atoms with van der Waals surface area (Å²) in [6.07, 6.45) is 0. The fraction of sp³-hybridized carbons (Fsp3) is 0.357. The molecule has 5 nitrogen and oxygen atoms in total. The van der Waals surface area contributed by atoms with Crippen LogP contribution in [0.3, 0.4) is 0 Å². The average Bonchev–Trinajstić information content (AvgIpc) is 2.44. The Morgan fingerprint density at radius 2 is 2.15 bits per heavy atom. The highest BCUT2D eigenvalue weighted by atomic mass is 35.5. The van der Waals surface area contributed by atoms with Crippen LogP contribution in [0.4, 0.5) is 0 Å². The summed E-state index contributed by atoms with van der Waals surface area (Å²) in [5.41, 5.74) is 1.25. The van der Waals surface area contributed by atoms with Gasteiger partial charge >= 0.3 is 0 Å². The zero-order chi connectivity index (χ0) is 14.8. The minimum Gasteiger partial charge on any atom is -0.394 e. The first kappa shape index (κ1) is 16.5. The van der Waals surface area contributed by atoms with Crippen molar-refractivity contribution in [1.82, 2.24) is 10.6 Å². The number of amides is 1. The molecule has 20 heavy (non-hydrogen) atoms. The summed E-state index contributed by atoms with van der Waals surface area (Å²) in [5.74, 6) is -0.278. The molecular formula is C14H19ClN2O3. The number of carbonyl (C=O) groups excluding carboxylic acids is 1. The first-order chi connectivity index (χ1) is 9.63.